The van der Waals surface area contributed by atoms with Gasteiger partial charge in [0.15, 0.2) is 5.96 Å². The quantitative estimate of drug-likeness (QED) is 0.331. The maximum atomic E-state index is 5.67. The number of halogens is 1. The first-order valence-electron chi connectivity index (χ1n) is 10.6. The zero-order valence-electron chi connectivity index (χ0n) is 18.8. The van der Waals surface area contributed by atoms with Crippen molar-refractivity contribution in [3.8, 4) is 11.5 Å². The highest BCUT2D eigenvalue weighted by Crippen LogP contribution is 2.31. The lowest BCUT2D eigenvalue weighted by Gasteiger charge is -2.45. The van der Waals surface area contributed by atoms with Crippen LogP contribution in [0.5, 0.6) is 11.5 Å². The van der Waals surface area contributed by atoms with Crippen LogP contribution >= 0.6 is 24.0 Å². The molecule has 0 unspecified atom stereocenters. The highest BCUT2D eigenvalue weighted by molar-refractivity contribution is 14.0. The summed E-state index contributed by atoms with van der Waals surface area (Å²) in [5.74, 6) is 2.51. The van der Waals surface area contributed by atoms with Crippen LogP contribution in [0.1, 0.15) is 31.2 Å². The minimum atomic E-state index is 0. The molecule has 0 bridgehead atoms. The maximum Gasteiger partial charge on any atom is 0.193 e. The second kappa shape index (κ2) is 12.0. The zero-order valence-corrected chi connectivity index (χ0v) is 21.1. The summed E-state index contributed by atoms with van der Waals surface area (Å²) in [7, 11) is 7.26. The van der Waals surface area contributed by atoms with Crippen molar-refractivity contribution in [2.75, 3.05) is 61.2 Å². The van der Waals surface area contributed by atoms with E-state index in [-0.39, 0.29) is 29.5 Å². The van der Waals surface area contributed by atoms with E-state index < -0.39 is 0 Å². The number of nitrogens with one attached hydrogen (secondary N) is 1. The summed E-state index contributed by atoms with van der Waals surface area (Å²) < 4.78 is 16.5. The Kier molecular flexibility index (Phi) is 9.96. The molecule has 1 aromatic rings. The van der Waals surface area contributed by atoms with Crippen LogP contribution in [0.2, 0.25) is 0 Å². The molecule has 0 aromatic heterocycles. The number of rotatable bonds is 7. The average molecular weight is 532 g/mol. The van der Waals surface area contributed by atoms with Crippen molar-refractivity contribution in [1.82, 2.24) is 15.1 Å². The summed E-state index contributed by atoms with van der Waals surface area (Å²) in [6.07, 6.45) is 4.75. The van der Waals surface area contributed by atoms with Crippen molar-refractivity contribution in [2.45, 2.75) is 37.8 Å². The summed E-state index contributed by atoms with van der Waals surface area (Å²) in [6.45, 7) is 5.67. The van der Waals surface area contributed by atoms with Crippen molar-refractivity contribution < 1.29 is 14.2 Å². The number of hydrogen-bond donors (Lipinski definition) is 1. The number of likely N-dealkylation sites (tertiary alicyclic amines) is 1. The van der Waals surface area contributed by atoms with E-state index in [2.05, 4.69) is 27.2 Å². The molecule has 2 fully saturated rings. The third-order valence-corrected chi connectivity index (χ3v) is 6.25. The number of ether oxygens (including phenoxy) is 3. The van der Waals surface area contributed by atoms with Gasteiger partial charge in [-0.15, -0.1) is 24.0 Å². The van der Waals surface area contributed by atoms with E-state index in [1.54, 1.807) is 14.2 Å². The number of methoxy groups -OCH3 is 2. The fraction of sp³-hybridized carbons (Fsp3) is 0.682. The van der Waals surface area contributed by atoms with Crippen LogP contribution < -0.4 is 14.8 Å². The molecule has 0 saturated carbocycles. The van der Waals surface area contributed by atoms with Crippen LogP contribution in [0.25, 0.3) is 0 Å². The van der Waals surface area contributed by atoms with E-state index in [9.17, 15) is 0 Å². The molecule has 170 valence electrons. The van der Waals surface area contributed by atoms with E-state index in [0.717, 1.165) is 55.6 Å². The molecule has 8 heteroatoms. The summed E-state index contributed by atoms with van der Waals surface area (Å²) in [5.41, 5.74) is 1.27. The van der Waals surface area contributed by atoms with Crippen LogP contribution in [0, 0.1) is 0 Å². The van der Waals surface area contributed by atoms with Crippen molar-refractivity contribution in [3.05, 3.63) is 23.8 Å². The first kappa shape index (κ1) is 25.0. The Morgan fingerprint density at radius 3 is 2.50 bits per heavy atom. The van der Waals surface area contributed by atoms with E-state index in [1.165, 1.54) is 25.9 Å². The van der Waals surface area contributed by atoms with E-state index >= 15 is 0 Å². The first-order chi connectivity index (χ1) is 14.1. The third kappa shape index (κ3) is 5.91. The molecule has 2 aliphatic heterocycles. The molecule has 3 rings (SSSR count). The Morgan fingerprint density at radius 2 is 1.90 bits per heavy atom. The largest absolute Gasteiger partial charge is 0.497 e. The van der Waals surface area contributed by atoms with E-state index in [4.69, 9.17) is 14.2 Å². The van der Waals surface area contributed by atoms with E-state index in [1.807, 2.05) is 25.2 Å². The molecule has 0 amide bonds. The molecule has 30 heavy (non-hydrogen) atoms. The second-order valence-corrected chi connectivity index (χ2v) is 7.97. The standard InChI is InChI=1S/C22H36N4O3.HI/c1-23-21(25(2)16-18-7-8-19(27-3)15-20(18)28-4)24-17-22(9-13-29-14-10-22)26-11-5-6-12-26;/h7-8,15H,5-6,9-14,16-17H2,1-4H3,(H,23,24);1H. The lowest BCUT2D eigenvalue weighted by molar-refractivity contribution is -0.0166. The molecular weight excluding hydrogens is 495 g/mol. The summed E-state index contributed by atoms with van der Waals surface area (Å²) in [5, 5.41) is 3.65. The number of nitrogens with zero attached hydrogens (tertiary/aromatic N) is 3. The van der Waals surface area contributed by atoms with Crippen LogP contribution in [0.15, 0.2) is 23.2 Å². The minimum Gasteiger partial charge on any atom is -0.497 e. The zero-order chi connectivity index (χ0) is 20.7. The highest BCUT2D eigenvalue weighted by atomic mass is 127. The Labute approximate surface area is 198 Å². The van der Waals surface area contributed by atoms with Gasteiger partial charge in [0.2, 0.25) is 0 Å². The first-order valence-corrected chi connectivity index (χ1v) is 10.6. The van der Waals surface area contributed by atoms with Crippen molar-refractivity contribution in [2.24, 2.45) is 4.99 Å². The molecule has 1 N–H and O–H groups in total. The van der Waals surface area contributed by atoms with Gasteiger partial charge in [-0.3, -0.25) is 9.89 Å². The van der Waals surface area contributed by atoms with Crippen LogP contribution in [0.4, 0.5) is 0 Å². The predicted molar refractivity (Wildman–Crippen MR) is 131 cm³/mol. The molecule has 2 saturated heterocycles. The fourth-order valence-electron chi connectivity index (χ4n) is 4.49. The van der Waals surface area contributed by atoms with Crippen molar-refractivity contribution in [3.63, 3.8) is 0 Å². The van der Waals surface area contributed by atoms with Gasteiger partial charge in [0.05, 0.1) is 14.2 Å². The van der Waals surface area contributed by atoms with Gasteiger partial charge < -0.3 is 24.4 Å². The average Bonchev–Trinajstić information content (AvgIpc) is 3.31. The lowest BCUT2D eigenvalue weighted by atomic mass is 9.88. The summed E-state index contributed by atoms with van der Waals surface area (Å²) >= 11 is 0. The molecule has 0 aliphatic carbocycles. The number of guanidine groups is 1. The van der Waals surface area contributed by atoms with Gasteiger partial charge in [0, 0.05) is 57.6 Å². The monoisotopic (exact) mass is 532 g/mol. The van der Waals surface area contributed by atoms with Crippen LogP contribution in [0.3, 0.4) is 0 Å². The van der Waals surface area contributed by atoms with Crippen LogP contribution in [-0.2, 0) is 11.3 Å². The lowest BCUT2D eigenvalue weighted by Crippen LogP contribution is -2.58. The van der Waals surface area contributed by atoms with E-state index in [0.29, 0.717) is 6.54 Å². The molecule has 2 aliphatic rings. The summed E-state index contributed by atoms with van der Waals surface area (Å²) in [6, 6.07) is 5.93. The smallest absolute Gasteiger partial charge is 0.193 e. The Morgan fingerprint density at radius 1 is 1.20 bits per heavy atom. The normalized spacial score (nSPS) is 19.1. The van der Waals surface area contributed by atoms with Gasteiger partial charge in [-0.25, -0.2) is 0 Å². The highest BCUT2D eigenvalue weighted by Gasteiger charge is 2.39. The summed E-state index contributed by atoms with van der Waals surface area (Å²) in [4.78, 5) is 9.34. The van der Waals surface area contributed by atoms with Crippen molar-refractivity contribution in [1.29, 1.82) is 0 Å². The Hall–Kier alpha value is -1.26. The maximum absolute atomic E-state index is 5.67. The minimum absolute atomic E-state index is 0. The van der Waals surface area contributed by atoms with Gasteiger partial charge in [-0.1, -0.05) is 0 Å². The van der Waals surface area contributed by atoms with Gasteiger partial charge in [0.1, 0.15) is 11.5 Å². The predicted octanol–water partition coefficient (Wildman–Crippen LogP) is 2.97. The van der Waals surface area contributed by atoms with Crippen molar-refractivity contribution >= 4 is 29.9 Å². The molecule has 0 spiro atoms. The molecule has 2 heterocycles. The third-order valence-electron chi connectivity index (χ3n) is 6.25. The topological polar surface area (TPSA) is 58.6 Å². The molecule has 0 atom stereocenters. The number of hydrogen-bond acceptors (Lipinski definition) is 5. The Balaban J connectivity index is 0.00000320. The molecular formula is C22H37IN4O3. The fourth-order valence-corrected chi connectivity index (χ4v) is 4.49. The molecule has 0 radical (unpaired) electrons. The SMILES string of the molecule is CN=C(NCC1(N2CCCC2)CCOCC1)N(C)Cc1ccc(OC)cc1OC.I. The molecule has 1 aromatic carbocycles. The number of benzene rings is 1. The van der Waals surface area contributed by atoms with Gasteiger partial charge in [-0.05, 0) is 50.9 Å². The van der Waals surface area contributed by atoms with Gasteiger partial charge in [-0.2, -0.15) is 0 Å². The second-order valence-electron chi connectivity index (χ2n) is 7.97. The number of aliphatic imine (C=N–C) groups is 1. The Bertz CT molecular complexity index is 689. The van der Waals surface area contributed by atoms with Gasteiger partial charge in [0.25, 0.3) is 0 Å². The molecule has 7 nitrogen and oxygen atoms in total. The van der Waals surface area contributed by atoms with Gasteiger partial charge >= 0.3 is 0 Å². The van der Waals surface area contributed by atoms with Crippen LogP contribution in [-0.4, -0.2) is 82.5 Å².